The van der Waals surface area contributed by atoms with Gasteiger partial charge in [-0.1, -0.05) is 194 Å². The lowest BCUT2D eigenvalue weighted by Gasteiger charge is -2.19. The fourth-order valence-corrected chi connectivity index (χ4v) is 6.56. The molecule has 0 aromatic rings. The van der Waals surface area contributed by atoms with E-state index in [1.54, 1.807) is 0 Å². The Morgan fingerprint density at radius 2 is 0.771 bits per heavy atom. The summed E-state index contributed by atoms with van der Waals surface area (Å²) in [6.07, 6.45) is 37.6. The van der Waals surface area contributed by atoms with Crippen LogP contribution in [0.1, 0.15) is 219 Å². The minimum absolute atomic E-state index is 0.165. The lowest BCUT2D eigenvalue weighted by atomic mass is 10.0. The van der Waals surface area contributed by atoms with Crippen LogP contribution in [-0.4, -0.2) is 42.8 Å². The third kappa shape index (κ3) is 37.9. The van der Waals surface area contributed by atoms with Crippen molar-refractivity contribution in [2.24, 2.45) is 0 Å². The maximum absolute atomic E-state index is 12.4. The van der Waals surface area contributed by atoms with Crippen LogP contribution in [-0.2, 0) is 28.2 Å². The number of carbonyl (C=O) groups excluding carboxylic acids is 2. The van der Waals surface area contributed by atoms with Crippen LogP contribution in [0, 0.1) is 0 Å². The van der Waals surface area contributed by atoms with Crippen LogP contribution < -0.4 is 0 Å². The number of esters is 2. The molecular weight excluding hydrogens is 623 g/mol. The van der Waals surface area contributed by atoms with Gasteiger partial charge in [0.05, 0.1) is 6.61 Å². The molecule has 0 fully saturated rings. The third-order valence-corrected chi connectivity index (χ3v) is 9.83. The maximum atomic E-state index is 12.4. The Bertz CT molecular complexity index is 754. The molecule has 1 N–H and O–H groups in total. The molecule has 48 heavy (non-hydrogen) atoms. The average Bonchev–Trinajstić information content (AvgIpc) is 3.05. The Morgan fingerprint density at radius 1 is 0.479 bits per heavy atom. The largest absolute Gasteiger partial charge is 0.462 e. The predicted molar refractivity (Wildman–Crippen MR) is 202 cm³/mol. The van der Waals surface area contributed by atoms with Gasteiger partial charge in [0.25, 0.3) is 0 Å². The molecule has 0 amide bonds. The minimum atomic E-state index is -3.74. The normalized spacial score (nSPS) is 13.3. The van der Waals surface area contributed by atoms with Gasteiger partial charge in [-0.25, -0.2) is 0 Å². The van der Waals surface area contributed by atoms with E-state index < -0.39 is 13.7 Å². The fraction of sp³-hybridized carbons (Fsp3) is 0.950. The number of hydrogen-bond acceptors (Lipinski definition) is 6. The van der Waals surface area contributed by atoms with Gasteiger partial charge >= 0.3 is 19.5 Å². The van der Waals surface area contributed by atoms with Gasteiger partial charge in [-0.3, -0.25) is 14.2 Å². The zero-order valence-corrected chi connectivity index (χ0v) is 32.9. The molecule has 0 aliphatic rings. The lowest BCUT2D eigenvalue weighted by molar-refractivity contribution is -0.161. The summed E-state index contributed by atoms with van der Waals surface area (Å²) < 4.78 is 27.4. The summed E-state index contributed by atoms with van der Waals surface area (Å²) in [6.45, 7) is 5.17. The van der Waals surface area contributed by atoms with Crippen molar-refractivity contribution in [2.45, 2.75) is 225 Å². The molecule has 286 valence electrons. The molecule has 0 rings (SSSR count). The van der Waals surface area contributed by atoms with Crippen molar-refractivity contribution in [2.75, 3.05) is 19.9 Å². The molecule has 7 nitrogen and oxygen atoms in total. The van der Waals surface area contributed by atoms with Crippen molar-refractivity contribution < 1.29 is 33.0 Å². The van der Waals surface area contributed by atoms with E-state index in [-0.39, 0.29) is 31.6 Å². The highest BCUT2D eigenvalue weighted by molar-refractivity contribution is 7.51. The van der Waals surface area contributed by atoms with Crippen molar-refractivity contribution in [3.05, 3.63) is 0 Å². The molecule has 0 aromatic carbocycles. The second-order valence-electron chi connectivity index (χ2n) is 14.3. The molecule has 1 unspecified atom stereocenters. The van der Waals surface area contributed by atoms with Crippen LogP contribution in [0.25, 0.3) is 0 Å². The molecule has 0 aliphatic carbocycles. The second kappa shape index (κ2) is 35.9. The Hall–Kier alpha value is -0.910. The molecule has 0 saturated carbocycles. The van der Waals surface area contributed by atoms with Crippen LogP contribution in [0.5, 0.6) is 0 Å². The van der Waals surface area contributed by atoms with Gasteiger partial charge in [0.2, 0.25) is 0 Å². The minimum Gasteiger partial charge on any atom is -0.462 e. The van der Waals surface area contributed by atoms with E-state index in [1.165, 1.54) is 154 Å². The molecule has 0 aliphatic heterocycles. The maximum Gasteiger partial charge on any atom is 0.325 e. The van der Waals surface area contributed by atoms with Crippen LogP contribution in [0.4, 0.5) is 0 Å². The molecule has 0 saturated heterocycles. The van der Waals surface area contributed by atoms with Crippen LogP contribution >= 0.6 is 7.60 Å². The van der Waals surface area contributed by atoms with Gasteiger partial charge in [0, 0.05) is 19.5 Å². The van der Waals surface area contributed by atoms with Gasteiger partial charge in [0.1, 0.15) is 6.61 Å². The number of unbranched alkanes of at least 4 members (excludes halogenated alkanes) is 28. The summed E-state index contributed by atoms with van der Waals surface area (Å²) in [5.41, 5.74) is 0. The van der Waals surface area contributed by atoms with E-state index in [1.807, 2.05) is 0 Å². The summed E-state index contributed by atoms with van der Waals surface area (Å²) >= 11 is 0. The highest BCUT2D eigenvalue weighted by Gasteiger charge is 2.21. The van der Waals surface area contributed by atoms with E-state index in [4.69, 9.17) is 14.0 Å². The van der Waals surface area contributed by atoms with Gasteiger partial charge in [-0.15, -0.1) is 0 Å². The highest BCUT2D eigenvalue weighted by atomic mass is 31.2. The molecular formula is C40H79O7P. The van der Waals surface area contributed by atoms with Crippen molar-refractivity contribution in [3.63, 3.8) is 0 Å². The molecule has 0 aromatic heterocycles. The first-order chi connectivity index (χ1) is 23.3. The van der Waals surface area contributed by atoms with Crippen molar-refractivity contribution >= 4 is 19.5 Å². The zero-order chi connectivity index (χ0) is 35.4. The van der Waals surface area contributed by atoms with Crippen molar-refractivity contribution in [1.82, 2.24) is 0 Å². The molecule has 0 heterocycles. The topological polar surface area (TPSA) is 99.1 Å². The molecule has 0 bridgehead atoms. The first kappa shape index (κ1) is 47.1. The second-order valence-corrected chi connectivity index (χ2v) is 16.2. The summed E-state index contributed by atoms with van der Waals surface area (Å²) in [6, 6.07) is 0. The van der Waals surface area contributed by atoms with E-state index in [0.29, 0.717) is 6.42 Å². The van der Waals surface area contributed by atoms with Gasteiger partial charge in [-0.2, -0.15) is 0 Å². The summed E-state index contributed by atoms with van der Waals surface area (Å²) in [5.74, 6) is -0.725. The van der Waals surface area contributed by atoms with E-state index >= 15 is 0 Å². The first-order valence-corrected chi connectivity index (χ1v) is 22.6. The molecule has 0 spiro atoms. The van der Waals surface area contributed by atoms with E-state index in [9.17, 15) is 19.0 Å². The quantitative estimate of drug-likeness (QED) is 0.0388. The third-order valence-electron chi connectivity index (χ3n) is 9.20. The van der Waals surface area contributed by atoms with Gasteiger partial charge < -0.3 is 18.9 Å². The Kier molecular flexibility index (Phi) is 35.2. The standard InChI is InChI=1S/C40H79O7P/c1-4-6-8-10-12-14-16-18-20-22-24-26-28-30-32-34-39(41)45-36-38(37-46-48(3,43)44)47-40(42)35-33-31-29-27-25-23-21-19-17-15-13-11-9-7-5-2/h38H,4-37H2,1-3H3,(H,43,44)/t38-/m1/s1. The Labute approximate surface area is 297 Å². The summed E-state index contributed by atoms with van der Waals surface area (Å²) in [7, 11) is -3.74. The number of carbonyl (C=O) groups is 2. The van der Waals surface area contributed by atoms with Crippen LogP contribution in [0.15, 0.2) is 0 Å². The smallest absolute Gasteiger partial charge is 0.325 e. The van der Waals surface area contributed by atoms with Crippen LogP contribution in [0.2, 0.25) is 0 Å². The fourth-order valence-electron chi connectivity index (χ4n) is 6.12. The zero-order valence-electron chi connectivity index (χ0n) is 32.0. The predicted octanol–water partition coefficient (Wildman–Crippen LogP) is 12.8. The summed E-state index contributed by atoms with van der Waals surface area (Å²) in [4.78, 5) is 34.2. The number of rotatable bonds is 38. The van der Waals surface area contributed by atoms with Crippen molar-refractivity contribution in [1.29, 1.82) is 0 Å². The van der Waals surface area contributed by atoms with Crippen molar-refractivity contribution in [3.8, 4) is 0 Å². The van der Waals surface area contributed by atoms with Gasteiger partial charge in [-0.05, 0) is 12.8 Å². The SMILES string of the molecule is CCCCCCCCCCCCCCCCCC(=O)OC[C@H](COP(C)(=O)O)OC(=O)CCCCCCCCCCCCCCCCC. The molecule has 0 radical (unpaired) electrons. The van der Waals surface area contributed by atoms with E-state index in [0.717, 1.165) is 45.2 Å². The Morgan fingerprint density at radius 3 is 1.08 bits per heavy atom. The number of ether oxygens (including phenoxy) is 2. The first-order valence-electron chi connectivity index (χ1n) is 20.6. The van der Waals surface area contributed by atoms with Crippen LogP contribution in [0.3, 0.4) is 0 Å². The lowest BCUT2D eigenvalue weighted by Crippen LogP contribution is -2.29. The van der Waals surface area contributed by atoms with Gasteiger partial charge in [0.15, 0.2) is 6.10 Å². The molecule has 2 atom stereocenters. The monoisotopic (exact) mass is 703 g/mol. The molecule has 8 heteroatoms. The average molecular weight is 703 g/mol. The van der Waals surface area contributed by atoms with E-state index in [2.05, 4.69) is 13.8 Å². The highest BCUT2D eigenvalue weighted by Crippen LogP contribution is 2.36. The summed E-state index contributed by atoms with van der Waals surface area (Å²) in [5, 5.41) is 0. The Balaban J connectivity index is 3.88. The number of hydrogen-bond donors (Lipinski definition) is 1.